The number of carbonyl (C=O) groups is 2. The van der Waals surface area contributed by atoms with E-state index in [2.05, 4.69) is 0 Å². The molecule has 5 rings (SSSR count). The average molecular weight is 427 g/mol. The van der Waals surface area contributed by atoms with Crippen molar-refractivity contribution in [1.82, 2.24) is 14.9 Å². The summed E-state index contributed by atoms with van der Waals surface area (Å²) >= 11 is 0. The number of likely N-dealkylation sites (tertiary alicyclic amines) is 1. The first kappa shape index (κ1) is 20.4. The Labute approximate surface area is 187 Å². The van der Waals surface area contributed by atoms with E-state index in [-0.39, 0.29) is 17.7 Å². The van der Waals surface area contributed by atoms with Gasteiger partial charge in [-0.2, -0.15) is 0 Å². The third-order valence-corrected chi connectivity index (χ3v) is 6.40. The molecule has 32 heavy (non-hydrogen) atoms. The second-order valence-electron chi connectivity index (χ2n) is 8.54. The molecular formula is C26H26N4O2. The Kier molecular flexibility index (Phi) is 5.43. The Bertz CT molecular complexity index is 1150. The zero-order valence-corrected chi connectivity index (χ0v) is 18.2. The molecule has 162 valence electrons. The Morgan fingerprint density at radius 1 is 1.00 bits per heavy atom. The molecule has 3 aromatic rings. The molecule has 0 bridgehead atoms. The van der Waals surface area contributed by atoms with E-state index in [1.165, 1.54) is 0 Å². The van der Waals surface area contributed by atoms with Crippen molar-refractivity contribution < 1.29 is 9.59 Å². The molecule has 1 aromatic heterocycles. The van der Waals surface area contributed by atoms with Crippen molar-refractivity contribution in [2.75, 3.05) is 18.0 Å². The predicted molar refractivity (Wildman–Crippen MR) is 122 cm³/mol. The molecule has 3 heterocycles. The molecular weight excluding hydrogens is 400 g/mol. The summed E-state index contributed by atoms with van der Waals surface area (Å²) in [4.78, 5) is 39.1. The first-order valence-corrected chi connectivity index (χ1v) is 11.2. The van der Waals surface area contributed by atoms with Crippen molar-refractivity contribution in [2.24, 2.45) is 0 Å². The molecule has 2 aliphatic heterocycles. The molecule has 0 radical (unpaired) electrons. The molecule has 0 spiro atoms. The lowest BCUT2D eigenvalue weighted by atomic mass is 10.0. The molecule has 0 saturated carbocycles. The van der Waals surface area contributed by atoms with E-state index in [0.29, 0.717) is 38.0 Å². The monoisotopic (exact) mass is 426 g/mol. The normalized spacial score (nSPS) is 18.0. The lowest BCUT2D eigenvalue weighted by molar-refractivity contribution is -0.119. The molecule has 0 aliphatic carbocycles. The summed E-state index contributed by atoms with van der Waals surface area (Å²) in [6.07, 6.45) is 1.98. The van der Waals surface area contributed by atoms with Crippen LogP contribution in [-0.4, -0.2) is 39.8 Å². The quantitative estimate of drug-likeness (QED) is 0.635. The maximum atomic E-state index is 12.9. The van der Waals surface area contributed by atoms with E-state index in [1.807, 2.05) is 72.5 Å². The van der Waals surface area contributed by atoms with E-state index in [4.69, 9.17) is 9.97 Å². The topological polar surface area (TPSA) is 66.4 Å². The third-order valence-electron chi connectivity index (χ3n) is 6.40. The number of hydrogen-bond donors (Lipinski definition) is 0. The number of rotatable bonds is 4. The predicted octanol–water partition coefficient (Wildman–Crippen LogP) is 3.89. The number of benzene rings is 2. The van der Waals surface area contributed by atoms with Gasteiger partial charge in [-0.15, -0.1) is 0 Å². The second-order valence-corrected chi connectivity index (χ2v) is 8.54. The fourth-order valence-corrected chi connectivity index (χ4v) is 4.63. The van der Waals surface area contributed by atoms with Gasteiger partial charge in [-0.3, -0.25) is 14.5 Å². The van der Waals surface area contributed by atoms with Crippen LogP contribution in [0.2, 0.25) is 0 Å². The maximum Gasteiger partial charge on any atom is 0.253 e. The van der Waals surface area contributed by atoms with Crippen LogP contribution in [0.5, 0.6) is 0 Å². The molecule has 1 saturated heterocycles. The van der Waals surface area contributed by atoms with Crippen molar-refractivity contribution in [3.05, 3.63) is 88.9 Å². The van der Waals surface area contributed by atoms with Crippen molar-refractivity contribution in [3.63, 3.8) is 0 Å². The van der Waals surface area contributed by atoms with Crippen LogP contribution in [0.1, 0.15) is 51.8 Å². The Morgan fingerprint density at radius 2 is 1.72 bits per heavy atom. The second kappa shape index (κ2) is 8.54. The van der Waals surface area contributed by atoms with Crippen LogP contribution in [0, 0.1) is 6.92 Å². The molecule has 1 unspecified atom stereocenters. The van der Waals surface area contributed by atoms with Gasteiger partial charge >= 0.3 is 0 Å². The smallest absolute Gasteiger partial charge is 0.253 e. The van der Waals surface area contributed by atoms with Crippen LogP contribution in [0.4, 0.5) is 5.82 Å². The minimum absolute atomic E-state index is 0.0451. The molecule has 6 nitrogen and oxygen atoms in total. The van der Waals surface area contributed by atoms with Crippen molar-refractivity contribution in [1.29, 1.82) is 0 Å². The Morgan fingerprint density at radius 3 is 2.47 bits per heavy atom. The van der Waals surface area contributed by atoms with Gasteiger partial charge in [-0.1, -0.05) is 48.5 Å². The SMILES string of the molecule is Cc1nc(C2CCN(C(=O)c3ccccc3)C2)nc2c1CCC(=O)N2Cc1ccccc1. The molecule has 2 amide bonds. The summed E-state index contributed by atoms with van der Waals surface area (Å²) in [5.41, 5.74) is 3.77. The highest BCUT2D eigenvalue weighted by molar-refractivity contribution is 5.95. The number of aryl methyl sites for hydroxylation is 1. The van der Waals surface area contributed by atoms with Crippen LogP contribution in [0.25, 0.3) is 0 Å². The Hall–Kier alpha value is -3.54. The van der Waals surface area contributed by atoms with E-state index in [0.717, 1.165) is 34.9 Å². The van der Waals surface area contributed by atoms with Crippen LogP contribution < -0.4 is 4.90 Å². The molecule has 6 heteroatoms. The van der Waals surface area contributed by atoms with Crippen molar-refractivity contribution >= 4 is 17.6 Å². The van der Waals surface area contributed by atoms with E-state index in [1.54, 1.807) is 4.90 Å². The third kappa shape index (κ3) is 3.88. The van der Waals surface area contributed by atoms with Gasteiger partial charge in [0, 0.05) is 42.2 Å². The molecule has 1 fully saturated rings. The van der Waals surface area contributed by atoms with Gasteiger partial charge in [0.25, 0.3) is 5.91 Å². The van der Waals surface area contributed by atoms with Gasteiger partial charge in [-0.05, 0) is 37.5 Å². The standard InChI is InChI=1S/C26H26N4O2/c1-18-22-12-13-23(31)30(16-19-8-4-2-5-9-19)25(22)28-24(27-18)21-14-15-29(17-21)26(32)20-10-6-3-7-11-20/h2-11,21H,12-17H2,1H3. The summed E-state index contributed by atoms with van der Waals surface area (Å²) in [6, 6.07) is 19.4. The number of hydrogen-bond acceptors (Lipinski definition) is 4. The van der Waals surface area contributed by atoms with Crippen LogP contribution >= 0.6 is 0 Å². The fraction of sp³-hybridized carbons (Fsp3) is 0.308. The number of anilines is 1. The summed E-state index contributed by atoms with van der Waals surface area (Å²) in [5.74, 6) is 1.68. The van der Waals surface area contributed by atoms with Crippen LogP contribution in [0.3, 0.4) is 0 Å². The summed E-state index contributed by atoms with van der Waals surface area (Å²) in [5, 5.41) is 0. The largest absolute Gasteiger partial charge is 0.338 e. The van der Waals surface area contributed by atoms with Crippen LogP contribution in [0.15, 0.2) is 60.7 Å². The average Bonchev–Trinajstić information content (AvgIpc) is 3.32. The highest BCUT2D eigenvalue weighted by Crippen LogP contribution is 2.33. The zero-order valence-electron chi connectivity index (χ0n) is 18.2. The number of carbonyl (C=O) groups excluding carboxylic acids is 2. The maximum absolute atomic E-state index is 12.9. The van der Waals surface area contributed by atoms with Gasteiger partial charge in [0.05, 0.1) is 6.54 Å². The molecule has 2 aromatic carbocycles. The first-order chi connectivity index (χ1) is 15.6. The molecule has 2 aliphatic rings. The highest BCUT2D eigenvalue weighted by atomic mass is 16.2. The van der Waals surface area contributed by atoms with Crippen molar-refractivity contribution in [3.8, 4) is 0 Å². The fourth-order valence-electron chi connectivity index (χ4n) is 4.63. The van der Waals surface area contributed by atoms with E-state index >= 15 is 0 Å². The number of aromatic nitrogens is 2. The number of nitrogens with zero attached hydrogens (tertiary/aromatic N) is 4. The van der Waals surface area contributed by atoms with E-state index < -0.39 is 0 Å². The summed E-state index contributed by atoms with van der Waals surface area (Å²) < 4.78 is 0. The van der Waals surface area contributed by atoms with Gasteiger partial charge < -0.3 is 4.90 Å². The minimum Gasteiger partial charge on any atom is -0.338 e. The number of amides is 2. The van der Waals surface area contributed by atoms with Gasteiger partial charge in [-0.25, -0.2) is 9.97 Å². The lowest BCUT2D eigenvalue weighted by Crippen LogP contribution is -2.36. The zero-order chi connectivity index (χ0) is 22.1. The van der Waals surface area contributed by atoms with Crippen molar-refractivity contribution in [2.45, 2.75) is 38.6 Å². The van der Waals surface area contributed by atoms with E-state index in [9.17, 15) is 9.59 Å². The number of fused-ring (bicyclic) bond motifs is 1. The summed E-state index contributed by atoms with van der Waals surface area (Å²) in [7, 11) is 0. The van der Waals surface area contributed by atoms with Gasteiger partial charge in [0.2, 0.25) is 5.91 Å². The van der Waals surface area contributed by atoms with Gasteiger partial charge in [0.1, 0.15) is 11.6 Å². The first-order valence-electron chi connectivity index (χ1n) is 11.2. The van der Waals surface area contributed by atoms with Gasteiger partial charge in [0.15, 0.2) is 0 Å². The Balaban J connectivity index is 1.41. The lowest BCUT2D eigenvalue weighted by Gasteiger charge is -2.30. The minimum atomic E-state index is 0.0451. The highest BCUT2D eigenvalue weighted by Gasteiger charge is 2.33. The van der Waals surface area contributed by atoms with Crippen LogP contribution in [-0.2, 0) is 17.8 Å². The summed E-state index contributed by atoms with van der Waals surface area (Å²) in [6.45, 7) is 3.79. The molecule has 0 N–H and O–H groups in total. The molecule has 1 atom stereocenters.